The standard InChI is InChI=1S/C11H13BrN4OS/c1-3-14-11-9(12)7(5-17-2)15-10(16-11)8-4-13-6-18-8/h4,6H,3,5H2,1-2H3,(H,14,15,16). The summed E-state index contributed by atoms with van der Waals surface area (Å²) in [4.78, 5) is 14.0. The summed E-state index contributed by atoms with van der Waals surface area (Å²) in [5.74, 6) is 1.45. The van der Waals surface area contributed by atoms with Gasteiger partial charge >= 0.3 is 0 Å². The Morgan fingerprint density at radius 1 is 1.44 bits per heavy atom. The van der Waals surface area contributed by atoms with E-state index in [1.54, 1.807) is 18.8 Å². The molecule has 2 aromatic heterocycles. The maximum absolute atomic E-state index is 5.15. The summed E-state index contributed by atoms with van der Waals surface area (Å²) in [6, 6.07) is 0. The van der Waals surface area contributed by atoms with Gasteiger partial charge in [0.1, 0.15) is 5.82 Å². The summed E-state index contributed by atoms with van der Waals surface area (Å²) >= 11 is 5.02. The van der Waals surface area contributed by atoms with Crippen LogP contribution in [-0.2, 0) is 11.3 Å². The van der Waals surface area contributed by atoms with Crippen LogP contribution in [0.4, 0.5) is 5.82 Å². The minimum Gasteiger partial charge on any atom is -0.378 e. The smallest absolute Gasteiger partial charge is 0.173 e. The van der Waals surface area contributed by atoms with Crippen LogP contribution in [0.15, 0.2) is 16.2 Å². The maximum atomic E-state index is 5.15. The Morgan fingerprint density at radius 3 is 2.89 bits per heavy atom. The van der Waals surface area contributed by atoms with Crippen LogP contribution >= 0.6 is 27.3 Å². The molecule has 0 radical (unpaired) electrons. The number of aromatic nitrogens is 3. The fourth-order valence-corrected chi connectivity index (χ4v) is 2.43. The van der Waals surface area contributed by atoms with Gasteiger partial charge in [-0.1, -0.05) is 0 Å². The third-order valence-electron chi connectivity index (χ3n) is 2.20. The second-order valence-electron chi connectivity index (χ2n) is 3.49. The summed E-state index contributed by atoms with van der Waals surface area (Å²) in [7, 11) is 1.65. The van der Waals surface area contributed by atoms with Crippen molar-refractivity contribution in [3.05, 3.63) is 21.9 Å². The zero-order valence-corrected chi connectivity index (χ0v) is 12.5. The van der Waals surface area contributed by atoms with Crippen molar-refractivity contribution in [2.45, 2.75) is 13.5 Å². The number of thiazole rings is 1. The van der Waals surface area contributed by atoms with Crippen molar-refractivity contribution in [3.8, 4) is 10.7 Å². The highest BCUT2D eigenvalue weighted by Gasteiger charge is 2.13. The molecular formula is C11H13BrN4OS. The molecule has 2 rings (SSSR count). The molecule has 2 aromatic rings. The molecule has 96 valence electrons. The van der Waals surface area contributed by atoms with E-state index in [2.05, 4.69) is 36.2 Å². The number of methoxy groups -OCH3 is 1. The second kappa shape index (κ2) is 6.21. The van der Waals surface area contributed by atoms with E-state index in [-0.39, 0.29) is 0 Å². The summed E-state index contributed by atoms with van der Waals surface area (Å²) in [6.45, 7) is 3.26. The van der Waals surface area contributed by atoms with Crippen LogP contribution in [0.2, 0.25) is 0 Å². The van der Waals surface area contributed by atoms with E-state index >= 15 is 0 Å². The number of nitrogens with zero attached hydrogens (tertiary/aromatic N) is 3. The molecule has 0 bridgehead atoms. The molecule has 18 heavy (non-hydrogen) atoms. The number of anilines is 1. The van der Waals surface area contributed by atoms with Crippen LogP contribution in [0.25, 0.3) is 10.7 Å². The van der Waals surface area contributed by atoms with E-state index in [0.29, 0.717) is 12.4 Å². The fraction of sp³-hybridized carbons (Fsp3) is 0.364. The molecule has 0 aliphatic rings. The molecule has 0 amide bonds. The van der Waals surface area contributed by atoms with Gasteiger partial charge in [-0.3, -0.25) is 4.98 Å². The van der Waals surface area contributed by atoms with Gasteiger partial charge in [0.25, 0.3) is 0 Å². The summed E-state index contributed by atoms with van der Waals surface area (Å²) in [5.41, 5.74) is 2.59. The molecule has 0 saturated carbocycles. The van der Waals surface area contributed by atoms with Gasteiger partial charge in [0.15, 0.2) is 5.82 Å². The second-order valence-corrected chi connectivity index (χ2v) is 5.16. The van der Waals surface area contributed by atoms with Gasteiger partial charge in [0.2, 0.25) is 0 Å². The van der Waals surface area contributed by atoms with E-state index in [4.69, 9.17) is 4.74 Å². The average Bonchev–Trinajstić information content (AvgIpc) is 2.88. The van der Waals surface area contributed by atoms with E-state index in [0.717, 1.165) is 27.4 Å². The van der Waals surface area contributed by atoms with Crippen molar-refractivity contribution in [1.82, 2.24) is 15.0 Å². The van der Waals surface area contributed by atoms with E-state index in [1.807, 2.05) is 6.92 Å². The molecule has 0 fully saturated rings. The monoisotopic (exact) mass is 328 g/mol. The Bertz CT molecular complexity index is 491. The van der Waals surface area contributed by atoms with E-state index in [9.17, 15) is 0 Å². The molecule has 1 N–H and O–H groups in total. The third kappa shape index (κ3) is 2.85. The number of halogens is 1. The number of rotatable bonds is 5. The van der Waals surface area contributed by atoms with Gasteiger partial charge in [0.05, 0.1) is 27.2 Å². The van der Waals surface area contributed by atoms with E-state index < -0.39 is 0 Å². The topological polar surface area (TPSA) is 59.9 Å². The highest BCUT2D eigenvalue weighted by molar-refractivity contribution is 9.10. The molecule has 0 saturated heterocycles. The van der Waals surface area contributed by atoms with Crippen molar-refractivity contribution >= 4 is 33.1 Å². The van der Waals surface area contributed by atoms with Crippen molar-refractivity contribution in [1.29, 1.82) is 0 Å². The largest absolute Gasteiger partial charge is 0.378 e. The Kier molecular flexibility index (Phi) is 4.62. The zero-order valence-electron chi connectivity index (χ0n) is 10.1. The number of hydrogen-bond donors (Lipinski definition) is 1. The Hall–Kier alpha value is -1.05. The fourth-order valence-electron chi connectivity index (χ4n) is 1.45. The Labute approximate surface area is 118 Å². The van der Waals surface area contributed by atoms with Gasteiger partial charge in [-0.25, -0.2) is 9.97 Å². The van der Waals surface area contributed by atoms with Gasteiger partial charge in [-0.15, -0.1) is 11.3 Å². The first-order valence-corrected chi connectivity index (χ1v) is 7.11. The summed E-state index contributed by atoms with van der Waals surface area (Å²) < 4.78 is 6.00. The number of hydrogen-bond acceptors (Lipinski definition) is 6. The normalized spacial score (nSPS) is 10.6. The van der Waals surface area contributed by atoms with Gasteiger partial charge < -0.3 is 10.1 Å². The summed E-state index contributed by atoms with van der Waals surface area (Å²) in [5, 5.41) is 3.21. The minimum atomic E-state index is 0.438. The molecule has 0 spiro atoms. The average molecular weight is 329 g/mol. The molecule has 2 heterocycles. The Balaban J connectivity index is 2.47. The molecule has 0 aromatic carbocycles. The lowest BCUT2D eigenvalue weighted by atomic mass is 10.3. The van der Waals surface area contributed by atoms with Gasteiger partial charge in [-0.05, 0) is 22.9 Å². The quantitative estimate of drug-likeness (QED) is 0.914. The Morgan fingerprint density at radius 2 is 2.28 bits per heavy atom. The molecule has 0 atom stereocenters. The van der Waals surface area contributed by atoms with Crippen molar-refractivity contribution < 1.29 is 4.74 Å². The van der Waals surface area contributed by atoms with E-state index in [1.165, 1.54) is 11.3 Å². The first kappa shape index (κ1) is 13.4. The van der Waals surface area contributed by atoms with Crippen molar-refractivity contribution in [2.24, 2.45) is 0 Å². The van der Waals surface area contributed by atoms with Crippen LogP contribution in [0.3, 0.4) is 0 Å². The van der Waals surface area contributed by atoms with Gasteiger partial charge in [0, 0.05) is 19.9 Å². The lowest BCUT2D eigenvalue weighted by Crippen LogP contribution is -2.06. The van der Waals surface area contributed by atoms with Crippen molar-refractivity contribution in [3.63, 3.8) is 0 Å². The number of nitrogens with one attached hydrogen (secondary N) is 1. The molecule has 0 unspecified atom stereocenters. The highest BCUT2D eigenvalue weighted by atomic mass is 79.9. The highest BCUT2D eigenvalue weighted by Crippen LogP contribution is 2.28. The van der Waals surface area contributed by atoms with Crippen LogP contribution in [0.1, 0.15) is 12.6 Å². The molecular weight excluding hydrogens is 316 g/mol. The van der Waals surface area contributed by atoms with Gasteiger partial charge in [-0.2, -0.15) is 0 Å². The maximum Gasteiger partial charge on any atom is 0.173 e. The van der Waals surface area contributed by atoms with Crippen molar-refractivity contribution in [2.75, 3.05) is 19.0 Å². The molecule has 7 heteroatoms. The lowest BCUT2D eigenvalue weighted by Gasteiger charge is -2.10. The zero-order chi connectivity index (χ0) is 13.0. The predicted molar refractivity (Wildman–Crippen MR) is 75.7 cm³/mol. The van der Waals surface area contributed by atoms with Crippen LogP contribution < -0.4 is 5.32 Å². The molecule has 5 nitrogen and oxygen atoms in total. The third-order valence-corrected chi connectivity index (χ3v) is 3.80. The minimum absolute atomic E-state index is 0.438. The molecule has 0 aliphatic carbocycles. The van der Waals surface area contributed by atoms with Crippen LogP contribution in [0.5, 0.6) is 0 Å². The lowest BCUT2D eigenvalue weighted by molar-refractivity contribution is 0.181. The summed E-state index contributed by atoms with van der Waals surface area (Å²) in [6.07, 6.45) is 1.76. The van der Waals surface area contributed by atoms with Crippen LogP contribution in [-0.4, -0.2) is 28.6 Å². The first-order valence-electron chi connectivity index (χ1n) is 5.44. The molecule has 0 aliphatic heterocycles. The SMILES string of the molecule is CCNc1nc(-c2cncs2)nc(COC)c1Br. The van der Waals surface area contributed by atoms with Crippen LogP contribution in [0, 0.1) is 0 Å². The first-order chi connectivity index (χ1) is 8.76. The number of ether oxygens (including phenoxy) is 1. The predicted octanol–water partition coefficient (Wildman–Crippen LogP) is 2.94.